The second-order valence-corrected chi connectivity index (χ2v) is 12.1. The zero-order valence-electron chi connectivity index (χ0n) is 24.0. The van der Waals surface area contributed by atoms with Gasteiger partial charge in [-0.25, -0.2) is 0 Å². The first-order valence-electron chi connectivity index (χ1n) is 13.7. The molecule has 4 rings (SSSR count). The van der Waals surface area contributed by atoms with Crippen LogP contribution in [0.15, 0.2) is 48.5 Å². The Labute approximate surface area is 234 Å². The monoisotopic (exact) mass is 550 g/mol. The molecule has 0 saturated heterocycles. The lowest BCUT2D eigenvalue weighted by molar-refractivity contribution is -0.384. The highest BCUT2D eigenvalue weighted by atomic mass is 16.6. The van der Waals surface area contributed by atoms with Crippen LogP contribution in [0.4, 0.5) is 11.4 Å². The van der Waals surface area contributed by atoms with Gasteiger partial charge in [0.2, 0.25) is 5.72 Å². The highest BCUT2D eigenvalue weighted by Gasteiger charge is 2.58. The van der Waals surface area contributed by atoms with Crippen LogP contribution in [0.1, 0.15) is 65.5 Å². The topological polar surface area (TPSA) is 119 Å². The SMILES string of the molecule is CC(C)CC(C)(CC(C)C(=O)O)C(=O)OCCN1c2ccccc2C(C)(C)C12C=Cc1cc([N+](=O)[O-])ccc1O2. The highest BCUT2D eigenvalue weighted by molar-refractivity contribution is 5.78. The number of ether oxygens (including phenoxy) is 2. The zero-order valence-corrected chi connectivity index (χ0v) is 24.0. The first-order valence-corrected chi connectivity index (χ1v) is 13.7. The molecule has 0 aliphatic carbocycles. The maximum absolute atomic E-state index is 13.4. The smallest absolute Gasteiger partial charge is 0.311 e. The van der Waals surface area contributed by atoms with Gasteiger partial charge in [-0.2, -0.15) is 0 Å². The molecule has 40 heavy (non-hydrogen) atoms. The van der Waals surface area contributed by atoms with Crippen molar-refractivity contribution in [3.8, 4) is 5.75 Å². The molecule has 3 atom stereocenters. The summed E-state index contributed by atoms with van der Waals surface area (Å²) >= 11 is 0. The molecule has 0 aromatic heterocycles. The van der Waals surface area contributed by atoms with Crippen molar-refractivity contribution in [2.24, 2.45) is 17.3 Å². The van der Waals surface area contributed by atoms with Gasteiger partial charge in [0.15, 0.2) is 0 Å². The fourth-order valence-electron chi connectivity index (χ4n) is 6.31. The fraction of sp³-hybridized carbons (Fsp3) is 0.484. The minimum Gasteiger partial charge on any atom is -0.481 e. The van der Waals surface area contributed by atoms with Crippen molar-refractivity contribution in [3.05, 3.63) is 69.8 Å². The van der Waals surface area contributed by atoms with Crippen LogP contribution < -0.4 is 9.64 Å². The maximum Gasteiger partial charge on any atom is 0.311 e. The average molecular weight is 551 g/mol. The molecule has 0 saturated carbocycles. The number of rotatable bonds is 10. The number of non-ortho nitro benzene ring substituents is 1. The Morgan fingerprint density at radius 2 is 1.85 bits per heavy atom. The number of nitrogens with zero attached hydrogens (tertiary/aromatic N) is 2. The second-order valence-electron chi connectivity index (χ2n) is 12.1. The van der Waals surface area contributed by atoms with E-state index in [2.05, 4.69) is 24.8 Å². The lowest BCUT2D eigenvalue weighted by atomic mass is 9.75. The molecule has 0 fully saturated rings. The van der Waals surface area contributed by atoms with Crippen molar-refractivity contribution in [3.63, 3.8) is 0 Å². The lowest BCUT2D eigenvalue weighted by Gasteiger charge is -2.47. The van der Waals surface area contributed by atoms with Gasteiger partial charge in [0.05, 0.1) is 28.2 Å². The summed E-state index contributed by atoms with van der Waals surface area (Å²) in [5.74, 6) is -1.31. The third kappa shape index (κ3) is 5.05. The largest absolute Gasteiger partial charge is 0.481 e. The molecule has 1 N–H and O–H groups in total. The number of nitro benzene ring substituents is 1. The molecule has 0 amide bonds. The summed E-state index contributed by atoms with van der Waals surface area (Å²) in [7, 11) is 0. The van der Waals surface area contributed by atoms with E-state index < -0.39 is 39.3 Å². The minimum absolute atomic E-state index is 0.0117. The number of aliphatic carboxylic acids is 1. The number of para-hydroxylation sites is 1. The number of fused-ring (bicyclic) bond motifs is 2. The summed E-state index contributed by atoms with van der Waals surface area (Å²) < 4.78 is 12.5. The summed E-state index contributed by atoms with van der Waals surface area (Å²) in [5.41, 5.74) is 0.204. The lowest BCUT2D eigenvalue weighted by Crippen LogP contribution is -2.60. The minimum atomic E-state index is -0.967. The van der Waals surface area contributed by atoms with Gasteiger partial charge in [0.1, 0.15) is 12.4 Å². The second kappa shape index (κ2) is 10.6. The van der Waals surface area contributed by atoms with Crippen molar-refractivity contribution >= 4 is 29.4 Å². The molecule has 9 heteroatoms. The number of carbonyl (C=O) groups is 2. The Morgan fingerprint density at radius 3 is 2.50 bits per heavy atom. The molecule has 1 spiro atoms. The van der Waals surface area contributed by atoms with Gasteiger partial charge in [-0.15, -0.1) is 0 Å². The van der Waals surface area contributed by atoms with E-state index in [1.807, 2.05) is 44.2 Å². The van der Waals surface area contributed by atoms with Crippen molar-refractivity contribution in [2.75, 3.05) is 18.1 Å². The zero-order chi connectivity index (χ0) is 29.5. The molecule has 2 heterocycles. The molecular formula is C31H38N2O7. The van der Waals surface area contributed by atoms with Crippen LogP contribution in [-0.2, 0) is 19.7 Å². The normalized spacial score (nSPS) is 20.8. The number of carboxylic acid groups (broad SMARTS) is 1. The number of benzene rings is 2. The molecular weight excluding hydrogens is 512 g/mol. The van der Waals surface area contributed by atoms with E-state index in [1.165, 1.54) is 12.1 Å². The van der Waals surface area contributed by atoms with Crippen LogP contribution in [0.2, 0.25) is 0 Å². The summed E-state index contributed by atoms with van der Waals surface area (Å²) in [6.07, 6.45) is 4.49. The highest BCUT2D eigenvalue weighted by Crippen LogP contribution is 2.55. The number of anilines is 1. The van der Waals surface area contributed by atoms with E-state index in [0.29, 0.717) is 24.3 Å². The Morgan fingerprint density at radius 1 is 1.15 bits per heavy atom. The van der Waals surface area contributed by atoms with Crippen molar-refractivity contribution in [2.45, 2.75) is 65.5 Å². The summed E-state index contributed by atoms with van der Waals surface area (Å²) in [4.78, 5) is 37.9. The number of carbonyl (C=O) groups excluding carboxylic acids is 1. The first-order chi connectivity index (χ1) is 18.7. The van der Waals surface area contributed by atoms with E-state index in [-0.39, 0.29) is 24.6 Å². The van der Waals surface area contributed by atoms with E-state index in [1.54, 1.807) is 19.9 Å². The van der Waals surface area contributed by atoms with E-state index in [9.17, 15) is 24.8 Å². The molecule has 214 valence electrons. The summed E-state index contributed by atoms with van der Waals surface area (Å²) in [5, 5.41) is 20.8. The third-order valence-electron chi connectivity index (χ3n) is 8.20. The van der Waals surface area contributed by atoms with E-state index >= 15 is 0 Å². The van der Waals surface area contributed by atoms with Gasteiger partial charge in [-0.05, 0) is 69.4 Å². The number of hydrogen-bond acceptors (Lipinski definition) is 7. The Bertz CT molecular complexity index is 1350. The molecule has 0 radical (unpaired) electrons. The van der Waals surface area contributed by atoms with Gasteiger partial charge in [-0.1, -0.05) is 39.0 Å². The van der Waals surface area contributed by atoms with E-state index in [4.69, 9.17) is 9.47 Å². The van der Waals surface area contributed by atoms with Crippen molar-refractivity contribution in [1.82, 2.24) is 0 Å². The molecule has 2 aliphatic heterocycles. The Hall–Kier alpha value is -3.88. The molecule has 2 aliphatic rings. The van der Waals surface area contributed by atoms with Gasteiger partial charge >= 0.3 is 11.9 Å². The molecule has 9 nitrogen and oxygen atoms in total. The molecule has 0 bridgehead atoms. The van der Waals surface area contributed by atoms with Crippen LogP contribution in [0.25, 0.3) is 6.08 Å². The Balaban J connectivity index is 1.61. The number of esters is 1. The predicted molar refractivity (Wildman–Crippen MR) is 152 cm³/mol. The van der Waals surface area contributed by atoms with Crippen LogP contribution in [-0.4, -0.2) is 40.8 Å². The fourth-order valence-corrected chi connectivity index (χ4v) is 6.31. The van der Waals surface area contributed by atoms with Gasteiger partial charge in [0.25, 0.3) is 5.69 Å². The van der Waals surface area contributed by atoms with Crippen LogP contribution >= 0.6 is 0 Å². The number of nitro groups is 1. The summed E-state index contributed by atoms with van der Waals surface area (Å²) in [6, 6.07) is 12.5. The van der Waals surface area contributed by atoms with Gasteiger partial charge in [-0.3, -0.25) is 19.7 Å². The van der Waals surface area contributed by atoms with E-state index in [0.717, 1.165) is 11.3 Å². The molecule has 2 aromatic rings. The standard InChI is InChI=1S/C31H38N2O7/c1-20(2)18-30(6,19-21(3)27(34)35)28(36)39-16-15-32-25-10-8-7-9-24(25)29(4,5)31(32)14-13-22-17-23(33(37)38)11-12-26(22)40-31/h7-14,17,20-21H,15-16,18-19H2,1-6H3,(H,34,35). The summed E-state index contributed by atoms with van der Waals surface area (Å²) in [6.45, 7) is 12.0. The maximum atomic E-state index is 13.4. The van der Waals surface area contributed by atoms with Crippen LogP contribution in [0.5, 0.6) is 5.75 Å². The predicted octanol–water partition coefficient (Wildman–Crippen LogP) is 6.20. The third-order valence-corrected chi connectivity index (χ3v) is 8.20. The van der Waals surface area contributed by atoms with Crippen molar-refractivity contribution < 1.29 is 29.1 Å². The Kier molecular flexibility index (Phi) is 7.71. The van der Waals surface area contributed by atoms with Crippen LogP contribution in [0, 0.1) is 27.4 Å². The van der Waals surface area contributed by atoms with Gasteiger partial charge < -0.3 is 19.5 Å². The van der Waals surface area contributed by atoms with Gasteiger partial charge in [0, 0.05) is 23.4 Å². The molecule has 3 unspecified atom stereocenters. The number of carboxylic acids is 1. The number of hydrogen-bond donors (Lipinski definition) is 1. The van der Waals surface area contributed by atoms with Crippen molar-refractivity contribution in [1.29, 1.82) is 0 Å². The average Bonchev–Trinajstić information content (AvgIpc) is 3.06. The first kappa shape index (κ1) is 29.1. The quantitative estimate of drug-likeness (QED) is 0.211. The molecule has 2 aromatic carbocycles. The van der Waals surface area contributed by atoms with Crippen LogP contribution in [0.3, 0.4) is 0 Å².